The average Bonchev–Trinajstić information content (AvgIpc) is 3.08. The van der Waals surface area contributed by atoms with Gasteiger partial charge in [-0.05, 0) is 72.7 Å². The summed E-state index contributed by atoms with van der Waals surface area (Å²) in [4.78, 5) is 30.7. The zero-order valence-corrected chi connectivity index (χ0v) is 21.5. The van der Waals surface area contributed by atoms with E-state index in [1.807, 2.05) is 28.7 Å². The summed E-state index contributed by atoms with van der Waals surface area (Å²) in [6.07, 6.45) is -0.818. The molecule has 0 aliphatic rings. The zero-order valence-electron chi connectivity index (χ0n) is 17.8. The van der Waals surface area contributed by atoms with Crippen LogP contribution in [0.25, 0.3) is 32.1 Å². The monoisotopic (exact) mass is 614 g/mol. The largest absolute Gasteiger partial charge is 0.444 e. The lowest BCUT2D eigenvalue weighted by Gasteiger charge is -2.19. The van der Waals surface area contributed by atoms with Crippen LogP contribution in [-0.2, 0) is 4.74 Å². The topological polar surface area (TPSA) is 108 Å². The van der Waals surface area contributed by atoms with Crippen LogP contribution in [0.15, 0.2) is 23.0 Å². The number of aromatic amines is 1. The molecule has 0 atom stereocenters. The summed E-state index contributed by atoms with van der Waals surface area (Å²) >= 11 is 8.50. The van der Waals surface area contributed by atoms with Crippen LogP contribution in [0.3, 0.4) is 0 Å². The van der Waals surface area contributed by atoms with E-state index in [4.69, 9.17) is 16.3 Å². The molecule has 2 N–H and O–H groups in total. The van der Waals surface area contributed by atoms with Gasteiger partial charge in [-0.25, -0.2) is 18.6 Å². The SMILES string of the molecule is CC(C)(C)OC(=O)Nc1sc2c(F)ccc(-c3c(I)cc4c(=O)[nH]c(Cl)nc4c3F)c2c1C#N. The maximum atomic E-state index is 15.7. The van der Waals surface area contributed by atoms with Gasteiger partial charge in [0, 0.05) is 14.5 Å². The van der Waals surface area contributed by atoms with Crippen LogP contribution < -0.4 is 10.9 Å². The van der Waals surface area contributed by atoms with Gasteiger partial charge in [0.15, 0.2) is 5.82 Å². The number of amides is 1. The first-order valence-electron chi connectivity index (χ1n) is 9.64. The molecule has 12 heteroatoms. The van der Waals surface area contributed by atoms with Gasteiger partial charge in [-0.3, -0.25) is 15.1 Å². The van der Waals surface area contributed by atoms with Crippen LogP contribution in [0.5, 0.6) is 0 Å². The number of hydrogen-bond acceptors (Lipinski definition) is 6. The number of hydrogen-bond donors (Lipinski definition) is 2. The first-order valence-corrected chi connectivity index (χ1v) is 11.9. The highest BCUT2D eigenvalue weighted by Crippen LogP contribution is 2.44. The molecule has 0 fully saturated rings. The van der Waals surface area contributed by atoms with Crippen LogP contribution >= 0.6 is 45.5 Å². The third-order valence-corrected chi connectivity index (χ3v) is 6.79. The number of nitrogens with one attached hydrogen (secondary N) is 2. The highest BCUT2D eigenvalue weighted by molar-refractivity contribution is 14.1. The van der Waals surface area contributed by atoms with E-state index in [2.05, 4.69) is 15.3 Å². The van der Waals surface area contributed by atoms with Gasteiger partial charge >= 0.3 is 6.09 Å². The van der Waals surface area contributed by atoms with E-state index in [0.29, 0.717) is 3.57 Å². The van der Waals surface area contributed by atoms with Gasteiger partial charge in [-0.15, -0.1) is 11.3 Å². The van der Waals surface area contributed by atoms with Crippen LogP contribution in [0.1, 0.15) is 26.3 Å². The normalized spacial score (nSPS) is 11.6. The number of fused-ring (bicyclic) bond motifs is 2. The summed E-state index contributed by atoms with van der Waals surface area (Å²) in [5.41, 5.74) is -1.50. The minimum atomic E-state index is -0.848. The van der Waals surface area contributed by atoms with Gasteiger partial charge in [-0.2, -0.15) is 5.26 Å². The Morgan fingerprint density at radius 3 is 2.71 bits per heavy atom. The molecule has 2 aromatic heterocycles. The predicted molar refractivity (Wildman–Crippen MR) is 135 cm³/mol. The number of benzene rings is 2. The first kappa shape index (κ1) is 24.3. The number of anilines is 1. The quantitative estimate of drug-likeness (QED) is 0.196. The number of H-pyrrole nitrogens is 1. The van der Waals surface area contributed by atoms with Crippen molar-refractivity contribution in [3.8, 4) is 17.2 Å². The van der Waals surface area contributed by atoms with Gasteiger partial charge < -0.3 is 4.74 Å². The van der Waals surface area contributed by atoms with E-state index >= 15 is 4.39 Å². The fourth-order valence-corrected chi connectivity index (χ4v) is 5.47. The molecule has 0 saturated heterocycles. The predicted octanol–water partition coefficient (Wildman–Crippen LogP) is 6.56. The van der Waals surface area contributed by atoms with E-state index in [0.717, 1.165) is 17.4 Å². The Kier molecular flexibility index (Phi) is 6.26. The van der Waals surface area contributed by atoms with Crippen LogP contribution in [0, 0.1) is 26.5 Å². The number of thiophene rings is 1. The van der Waals surface area contributed by atoms with Crippen molar-refractivity contribution in [3.63, 3.8) is 0 Å². The number of aromatic nitrogens is 2. The minimum Gasteiger partial charge on any atom is -0.444 e. The lowest BCUT2D eigenvalue weighted by Crippen LogP contribution is -2.27. The van der Waals surface area contributed by atoms with Crippen molar-refractivity contribution in [3.05, 3.63) is 54.6 Å². The molecular formula is C22H14ClF2IN4O3S. The average molecular weight is 615 g/mol. The van der Waals surface area contributed by atoms with Crippen LogP contribution in [0.2, 0.25) is 5.28 Å². The van der Waals surface area contributed by atoms with E-state index < -0.39 is 28.9 Å². The summed E-state index contributed by atoms with van der Waals surface area (Å²) < 4.78 is 36.1. The molecule has 174 valence electrons. The van der Waals surface area contributed by atoms with Gasteiger partial charge in [0.1, 0.15) is 28.0 Å². The van der Waals surface area contributed by atoms with Gasteiger partial charge in [-0.1, -0.05) is 6.07 Å². The molecule has 2 heterocycles. The summed E-state index contributed by atoms with van der Waals surface area (Å²) in [5.74, 6) is -1.49. The molecule has 2 aromatic carbocycles. The molecular weight excluding hydrogens is 601 g/mol. The molecule has 0 spiro atoms. The van der Waals surface area contributed by atoms with E-state index in [1.165, 1.54) is 12.1 Å². The second-order valence-corrected chi connectivity index (χ2v) is 10.7. The molecule has 0 bridgehead atoms. The first-order chi connectivity index (χ1) is 15.9. The van der Waals surface area contributed by atoms with Crippen molar-refractivity contribution in [1.82, 2.24) is 9.97 Å². The summed E-state index contributed by atoms with van der Waals surface area (Å²) in [5, 5.41) is 12.2. The molecule has 0 unspecified atom stereocenters. The number of nitrogens with zero attached hydrogens (tertiary/aromatic N) is 2. The van der Waals surface area contributed by atoms with Crippen molar-refractivity contribution >= 4 is 77.6 Å². The van der Waals surface area contributed by atoms with E-state index in [9.17, 15) is 19.2 Å². The standard InChI is InChI=1S/C22H14ClF2IN4O3S/c1-22(2,3)33-21(32)30-19-10(7-27)13-8(4-5-11(24)17(13)34-19)14-12(26)6-9-16(15(14)25)28-20(23)29-18(9)31/h4-6H,1-3H3,(H,30,32)(H,28,29,31). The molecule has 4 rings (SSSR count). The second-order valence-electron chi connectivity index (χ2n) is 8.14. The Morgan fingerprint density at radius 2 is 2.06 bits per heavy atom. The van der Waals surface area contributed by atoms with Crippen LogP contribution in [0.4, 0.5) is 18.6 Å². The molecule has 34 heavy (non-hydrogen) atoms. The van der Waals surface area contributed by atoms with Gasteiger partial charge in [0.25, 0.3) is 5.56 Å². The lowest BCUT2D eigenvalue weighted by atomic mass is 9.97. The van der Waals surface area contributed by atoms with Crippen molar-refractivity contribution in [2.45, 2.75) is 26.4 Å². The Labute approximate surface area is 213 Å². The van der Waals surface area contributed by atoms with E-state index in [-0.39, 0.29) is 48.0 Å². The summed E-state index contributed by atoms with van der Waals surface area (Å²) in [6.45, 7) is 5.03. The molecule has 7 nitrogen and oxygen atoms in total. The highest BCUT2D eigenvalue weighted by atomic mass is 127. The van der Waals surface area contributed by atoms with Crippen molar-refractivity contribution in [2.24, 2.45) is 0 Å². The van der Waals surface area contributed by atoms with Gasteiger partial charge in [0.2, 0.25) is 5.28 Å². The Hall–Kier alpha value is -2.82. The molecule has 1 amide bonds. The third-order valence-electron chi connectivity index (χ3n) is 4.65. The van der Waals surface area contributed by atoms with Gasteiger partial charge in [0.05, 0.1) is 15.6 Å². The molecule has 0 aliphatic carbocycles. The fourth-order valence-electron chi connectivity index (χ4n) is 3.40. The number of carbonyl (C=O) groups excluding carboxylic acids is 1. The number of ether oxygens (including phenoxy) is 1. The van der Waals surface area contributed by atoms with Crippen LogP contribution in [-0.4, -0.2) is 21.7 Å². The van der Waals surface area contributed by atoms with E-state index in [1.54, 1.807) is 20.8 Å². The highest BCUT2D eigenvalue weighted by Gasteiger charge is 2.26. The second kappa shape index (κ2) is 8.75. The number of nitriles is 1. The Balaban J connectivity index is 2.00. The Morgan fingerprint density at radius 1 is 1.35 bits per heavy atom. The maximum Gasteiger partial charge on any atom is 0.412 e. The fraction of sp³-hybridized carbons (Fsp3) is 0.182. The summed E-state index contributed by atoms with van der Waals surface area (Å²) in [7, 11) is 0. The van der Waals surface area contributed by atoms with Crippen molar-refractivity contribution < 1.29 is 18.3 Å². The molecule has 0 radical (unpaired) electrons. The summed E-state index contributed by atoms with van der Waals surface area (Å²) in [6, 6.07) is 5.89. The number of halogens is 4. The number of rotatable bonds is 2. The smallest absolute Gasteiger partial charge is 0.412 e. The molecule has 4 aromatic rings. The zero-order chi connectivity index (χ0) is 24.9. The maximum absolute atomic E-state index is 15.7. The molecule has 0 saturated carbocycles. The van der Waals surface area contributed by atoms with Crippen molar-refractivity contribution in [1.29, 1.82) is 5.26 Å². The Bertz CT molecular complexity index is 1610. The number of carbonyl (C=O) groups is 1. The van der Waals surface area contributed by atoms with Crippen molar-refractivity contribution in [2.75, 3.05) is 5.32 Å². The lowest BCUT2D eigenvalue weighted by molar-refractivity contribution is 0.0636. The third kappa shape index (κ3) is 4.33. The minimum absolute atomic E-state index is 0.00786. The molecule has 0 aliphatic heterocycles.